The standard InChI is InChI=1S/C19H25N3O3S2/c1-12(23)20-8-10-26-19-21-17-16(14-6-2-3-7-15(14)27-17)18(24)22(19)11-13-5-4-9-25-13/h13H,2-11H2,1H3,(H,20,23)/t13-/m1/s1. The third kappa shape index (κ3) is 4.07. The number of hydrogen-bond donors (Lipinski definition) is 1. The van der Waals surface area contributed by atoms with Gasteiger partial charge in [-0.1, -0.05) is 11.8 Å². The number of rotatable bonds is 6. The molecule has 0 unspecified atom stereocenters. The van der Waals surface area contributed by atoms with E-state index in [0.717, 1.165) is 54.1 Å². The lowest BCUT2D eigenvalue weighted by molar-refractivity contribution is -0.118. The van der Waals surface area contributed by atoms with Gasteiger partial charge in [0.1, 0.15) is 4.83 Å². The van der Waals surface area contributed by atoms with Gasteiger partial charge in [-0.2, -0.15) is 0 Å². The first-order chi connectivity index (χ1) is 13.1. The van der Waals surface area contributed by atoms with Crippen molar-refractivity contribution in [1.29, 1.82) is 0 Å². The Morgan fingerprint density at radius 1 is 1.37 bits per heavy atom. The van der Waals surface area contributed by atoms with Crippen LogP contribution in [0.5, 0.6) is 0 Å². The molecule has 146 valence electrons. The normalized spacial score (nSPS) is 19.4. The molecule has 1 amide bonds. The maximum absolute atomic E-state index is 13.4. The average molecular weight is 408 g/mol. The highest BCUT2D eigenvalue weighted by molar-refractivity contribution is 7.99. The number of aryl methyl sites for hydroxylation is 2. The highest BCUT2D eigenvalue weighted by atomic mass is 32.2. The molecule has 1 N–H and O–H groups in total. The van der Waals surface area contributed by atoms with Crippen molar-refractivity contribution in [2.75, 3.05) is 18.9 Å². The van der Waals surface area contributed by atoms with Crippen LogP contribution in [-0.2, 0) is 28.9 Å². The second kappa shape index (κ2) is 8.32. The molecule has 0 saturated carbocycles. The Balaban J connectivity index is 1.69. The van der Waals surface area contributed by atoms with Crippen LogP contribution in [0.2, 0.25) is 0 Å². The summed E-state index contributed by atoms with van der Waals surface area (Å²) in [7, 11) is 0. The van der Waals surface area contributed by atoms with E-state index >= 15 is 0 Å². The van der Waals surface area contributed by atoms with Gasteiger partial charge >= 0.3 is 0 Å². The number of hydrogen-bond acceptors (Lipinski definition) is 6. The van der Waals surface area contributed by atoms with Crippen LogP contribution in [0.15, 0.2) is 9.95 Å². The van der Waals surface area contributed by atoms with Gasteiger partial charge in [0, 0.05) is 30.7 Å². The predicted molar refractivity (Wildman–Crippen MR) is 109 cm³/mol. The van der Waals surface area contributed by atoms with Gasteiger partial charge < -0.3 is 10.1 Å². The Morgan fingerprint density at radius 2 is 2.22 bits per heavy atom. The van der Waals surface area contributed by atoms with Crippen molar-refractivity contribution < 1.29 is 9.53 Å². The second-order valence-corrected chi connectivity index (χ2v) is 9.31. The van der Waals surface area contributed by atoms with Crippen molar-refractivity contribution >= 4 is 39.2 Å². The van der Waals surface area contributed by atoms with E-state index in [1.807, 2.05) is 4.57 Å². The highest BCUT2D eigenvalue weighted by Crippen LogP contribution is 2.34. The Labute approximate surface area is 166 Å². The maximum atomic E-state index is 13.4. The number of nitrogens with zero attached hydrogens (tertiary/aromatic N) is 2. The van der Waals surface area contributed by atoms with Crippen LogP contribution < -0.4 is 10.9 Å². The van der Waals surface area contributed by atoms with Gasteiger partial charge in [-0.3, -0.25) is 14.2 Å². The molecule has 6 nitrogen and oxygen atoms in total. The summed E-state index contributed by atoms with van der Waals surface area (Å²) in [5, 5.41) is 4.38. The molecule has 8 heteroatoms. The summed E-state index contributed by atoms with van der Waals surface area (Å²) in [6.07, 6.45) is 6.52. The summed E-state index contributed by atoms with van der Waals surface area (Å²) in [6, 6.07) is 0. The first kappa shape index (κ1) is 19.0. The van der Waals surface area contributed by atoms with Crippen molar-refractivity contribution in [3.63, 3.8) is 0 Å². The van der Waals surface area contributed by atoms with Crippen LogP contribution in [0, 0.1) is 0 Å². The van der Waals surface area contributed by atoms with E-state index in [1.165, 1.54) is 35.5 Å². The number of carbonyl (C=O) groups excluding carboxylic acids is 1. The van der Waals surface area contributed by atoms with Crippen LogP contribution in [0.3, 0.4) is 0 Å². The molecule has 27 heavy (non-hydrogen) atoms. The van der Waals surface area contributed by atoms with E-state index in [4.69, 9.17) is 9.72 Å². The molecule has 0 radical (unpaired) electrons. The number of thioether (sulfide) groups is 1. The van der Waals surface area contributed by atoms with Crippen molar-refractivity contribution in [3.8, 4) is 0 Å². The Morgan fingerprint density at radius 3 is 3.00 bits per heavy atom. The third-order valence-corrected chi connectivity index (χ3v) is 7.32. The molecule has 3 heterocycles. The minimum absolute atomic E-state index is 0.0401. The van der Waals surface area contributed by atoms with E-state index in [9.17, 15) is 9.59 Å². The summed E-state index contributed by atoms with van der Waals surface area (Å²) in [4.78, 5) is 31.6. The van der Waals surface area contributed by atoms with Gasteiger partial charge in [-0.05, 0) is 44.1 Å². The lowest BCUT2D eigenvalue weighted by Crippen LogP contribution is -2.29. The molecule has 1 aliphatic carbocycles. The molecule has 2 aliphatic rings. The van der Waals surface area contributed by atoms with E-state index < -0.39 is 0 Å². The smallest absolute Gasteiger partial charge is 0.263 e. The SMILES string of the molecule is CC(=O)NCCSc1nc2sc3c(c2c(=O)n1C[C@H]1CCCO1)CCCC3. The number of fused-ring (bicyclic) bond motifs is 3. The van der Waals surface area contributed by atoms with Gasteiger partial charge in [0.2, 0.25) is 5.91 Å². The molecule has 1 fully saturated rings. The fraction of sp³-hybridized carbons (Fsp3) is 0.632. The zero-order valence-electron chi connectivity index (χ0n) is 15.6. The lowest BCUT2D eigenvalue weighted by atomic mass is 9.97. The first-order valence-corrected chi connectivity index (χ1v) is 11.5. The number of aromatic nitrogens is 2. The second-order valence-electron chi connectivity index (χ2n) is 7.17. The molecule has 2 aromatic heterocycles. The molecule has 1 aliphatic heterocycles. The quantitative estimate of drug-likeness (QED) is 0.453. The Hall–Kier alpha value is -1.38. The summed E-state index contributed by atoms with van der Waals surface area (Å²) >= 11 is 3.22. The number of amides is 1. The molecule has 1 saturated heterocycles. The highest BCUT2D eigenvalue weighted by Gasteiger charge is 2.24. The minimum Gasteiger partial charge on any atom is -0.376 e. The Kier molecular flexibility index (Phi) is 5.85. The van der Waals surface area contributed by atoms with Gasteiger partial charge in [0.25, 0.3) is 5.56 Å². The first-order valence-electron chi connectivity index (χ1n) is 9.67. The number of carbonyl (C=O) groups is 1. The van der Waals surface area contributed by atoms with Crippen molar-refractivity contribution in [1.82, 2.24) is 14.9 Å². The fourth-order valence-corrected chi connectivity index (χ4v) is 6.02. The molecule has 0 spiro atoms. The summed E-state index contributed by atoms with van der Waals surface area (Å²) in [5.41, 5.74) is 1.31. The largest absolute Gasteiger partial charge is 0.376 e. The molecule has 4 rings (SSSR count). The van der Waals surface area contributed by atoms with Crippen molar-refractivity contribution in [2.45, 2.75) is 63.3 Å². The Bertz CT molecular complexity index is 900. The van der Waals surface area contributed by atoms with Crippen molar-refractivity contribution in [3.05, 3.63) is 20.8 Å². The summed E-state index contributed by atoms with van der Waals surface area (Å²) in [6.45, 7) is 3.41. The average Bonchev–Trinajstić information content (AvgIpc) is 3.28. The molecule has 0 aromatic carbocycles. The van der Waals surface area contributed by atoms with Gasteiger partial charge in [0.05, 0.1) is 18.0 Å². The lowest BCUT2D eigenvalue weighted by Gasteiger charge is -2.16. The van der Waals surface area contributed by atoms with E-state index in [1.54, 1.807) is 11.3 Å². The summed E-state index contributed by atoms with van der Waals surface area (Å²) < 4.78 is 7.60. The molecule has 1 atom stereocenters. The topological polar surface area (TPSA) is 73.2 Å². The number of nitrogens with one attached hydrogen (secondary N) is 1. The summed E-state index contributed by atoms with van der Waals surface area (Å²) in [5.74, 6) is 0.649. The van der Waals surface area contributed by atoms with Gasteiger partial charge in [-0.25, -0.2) is 4.98 Å². The predicted octanol–water partition coefficient (Wildman–Crippen LogP) is 2.74. The van der Waals surface area contributed by atoms with E-state index in [-0.39, 0.29) is 17.6 Å². The van der Waals surface area contributed by atoms with Crippen LogP contribution >= 0.6 is 23.1 Å². The molecular formula is C19H25N3O3S2. The minimum atomic E-state index is -0.0401. The van der Waals surface area contributed by atoms with Crippen LogP contribution in [0.4, 0.5) is 0 Å². The number of thiophene rings is 1. The van der Waals surface area contributed by atoms with Gasteiger partial charge in [-0.15, -0.1) is 11.3 Å². The zero-order chi connectivity index (χ0) is 18.8. The molecule has 0 bridgehead atoms. The molecule has 2 aromatic rings. The van der Waals surface area contributed by atoms with Crippen LogP contribution in [0.1, 0.15) is 43.0 Å². The van der Waals surface area contributed by atoms with Crippen LogP contribution in [-0.4, -0.2) is 40.5 Å². The monoisotopic (exact) mass is 407 g/mol. The van der Waals surface area contributed by atoms with Gasteiger partial charge in [0.15, 0.2) is 5.16 Å². The van der Waals surface area contributed by atoms with E-state index in [0.29, 0.717) is 18.8 Å². The number of ether oxygens (including phenoxy) is 1. The van der Waals surface area contributed by atoms with Crippen molar-refractivity contribution in [2.24, 2.45) is 0 Å². The zero-order valence-corrected chi connectivity index (χ0v) is 17.2. The van der Waals surface area contributed by atoms with E-state index in [2.05, 4.69) is 5.32 Å². The maximum Gasteiger partial charge on any atom is 0.263 e. The third-order valence-electron chi connectivity index (χ3n) is 5.16. The van der Waals surface area contributed by atoms with Crippen LogP contribution in [0.25, 0.3) is 10.2 Å². The fourth-order valence-electron chi connectivity index (χ4n) is 3.85. The molecular weight excluding hydrogens is 382 g/mol.